The second kappa shape index (κ2) is 8.96. The highest BCUT2D eigenvalue weighted by molar-refractivity contribution is 4.80. The van der Waals surface area contributed by atoms with E-state index in [-0.39, 0.29) is 0 Å². The Morgan fingerprint density at radius 3 is 2.33 bits per heavy atom. The second-order valence-corrected chi connectivity index (χ2v) is 6.80. The summed E-state index contributed by atoms with van der Waals surface area (Å²) in [4.78, 5) is 2.71. The molecule has 0 aromatic rings. The third-order valence-electron chi connectivity index (χ3n) is 4.06. The zero-order chi connectivity index (χ0) is 14.2. The van der Waals surface area contributed by atoms with Crippen molar-refractivity contribution in [3.63, 3.8) is 0 Å². The zero-order valence-electron chi connectivity index (χ0n) is 14.1. The van der Waals surface area contributed by atoms with Crippen molar-refractivity contribution in [3.8, 4) is 0 Å². The summed E-state index contributed by atoms with van der Waals surface area (Å²) in [5, 5.41) is 0. The first-order valence-electron chi connectivity index (χ1n) is 8.17. The van der Waals surface area contributed by atoms with E-state index in [1.807, 2.05) is 13.8 Å². The Morgan fingerprint density at radius 1 is 1.22 bits per heavy atom. The summed E-state index contributed by atoms with van der Waals surface area (Å²) < 4.78 is 0. The summed E-state index contributed by atoms with van der Waals surface area (Å²) in [6, 6.07) is 0. The van der Waals surface area contributed by atoms with Crippen LogP contribution in [0.5, 0.6) is 0 Å². The van der Waals surface area contributed by atoms with Crippen LogP contribution in [0.25, 0.3) is 0 Å². The van der Waals surface area contributed by atoms with E-state index in [1.165, 1.54) is 45.3 Å². The maximum atomic E-state index is 2.71. The molecule has 18 heavy (non-hydrogen) atoms. The van der Waals surface area contributed by atoms with Crippen LogP contribution in [0, 0.1) is 17.3 Å². The van der Waals surface area contributed by atoms with Gasteiger partial charge in [0.1, 0.15) is 0 Å². The minimum absolute atomic E-state index is 0.508. The number of piperidine rings is 1. The van der Waals surface area contributed by atoms with Gasteiger partial charge in [-0.05, 0) is 43.1 Å². The maximum Gasteiger partial charge on any atom is 0.00328 e. The van der Waals surface area contributed by atoms with E-state index < -0.39 is 0 Å². The zero-order valence-corrected chi connectivity index (χ0v) is 14.1. The molecule has 0 N–H and O–H groups in total. The molecule has 1 aliphatic heterocycles. The molecule has 1 rings (SSSR count). The quantitative estimate of drug-likeness (QED) is 0.652. The number of hydrogen-bond acceptors (Lipinski definition) is 1. The summed E-state index contributed by atoms with van der Waals surface area (Å²) in [5.74, 6) is 1.79. The van der Waals surface area contributed by atoms with Crippen LogP contribution in [0.4, 0.5) is 0 Å². The van der Waals surface area contributed by atoms with Gasteiger partial charge < -0.3 is 4.90 Å². The van der Waals surface area contributed by atoms with Gasteiger partial charge in [0.05, 0.1) is 0 Å². The van der Waals surface area contributed by atoms with Crippen molar-refractivity contribution in [3.05, 3.63) is 0 Å². The smallest absolute Gasteiger partial charge is 0.00328 e. The molecule has 0 aromatic heterocycles. The summed E-state index contributed by atoms with van der Waals surface area (Å²) in [7, 11) is 0. The molecule has 1 atom stereocenters. The van der Waals surface area contributed by atoms with Gasteiger partial charge in [0.2, 0.25) is 0 Å². The van der Waals surface area contributed by atoms with Gasteiger partial charge in [-0.2, -0.15) is 0 Å². The largest absolute Gasteiger partial charge is 0.303 e. The van der Waals surface area contributed by atoms with Crippen LogP contribution in [-0.2, 0) is 0 Å². The predicted molar refractivity (Wildman–Crippen MR) is 84.0 cm³/mol. The van der Waals surface area contributed by atoms with Crippen molar-refractivity contribution >= 4 is 0 Å². The second-order valence-electron chi connectivity index (χ2n) is 6.80. The third kappa shape index (κ3) is 6.78. The normalized spacial score (nSPS) is 21.7. The van der Waals surface area contributed by atoms with Gasteiger partial charge in [0, 0.05) is 13.1 Å². The van der Waals surface area contributed by atoms with Crippen molar-refractivity contribution < 1.29 is 0 Å². The van der Waals surface area contributed by atoms with E-state index in [1.54, 1.807) is 0 Å². The molecule has 0 saturated carbocycles. The van der Waals surface area contributed by atoms with Gasteiger partial charge in [-0.1, -0.05) is 54.9 Å². The van der Waals surface area contributed by atoms with E-state index in [0.717, 1.165) is 11.8 Å². The van der Waals surface area contributed by atoms with E-state index >= 15 is 0 Å². The molecule has 0 aromatic carbocycles. The van der Waals surface area contributed by atoms with Crippen molar-refractivity contribution in [2.75, 3.05) is 19.6 Å². The van der Waals surface area contributed by atoms with Crippen LogP contribution >= 0.6 is 0 Å². The number of rotatable bonds is 5. The van der Waals surface area contributed by atoms with Crippen LogP contribution in [0.3, 0.4) is 0 Å². The van der Waals surface area contributed by atoms with Crippen molar-refractivity contribution in [1.82, 2.24) is 4.90 Å². The molecule has 1 heteroatoms. The molecule has 1 nitrogen and oxygen atoms in total. The monoisotopic (exact) mass is 255 g/mol. The Bertz CT molecular complexity index is 196. The molecule has 0 spiro atoms. The molecule has 0 amide bonds. The first-order chi connectivity index (χ1) is 8.44. The van der Waals surface area contributed by atoms with Crippen molar-refractivity contribution in [2.45, 2.75) is 74.1 Å². The van der Waals surface area contributed by atoms with Crippen LogP contribution in [0.2, 0.25) is 0 Å². The van der Waals surface area contributed by atoms with Gasteiger partial charge in [-0.25, -0.2) is 0 Å². The fourth-order valence-electron chi connectivity index (χ4n) is 3.14. The van der Waals surface area contributed by atoms with E-state index in [0.29, 0.717) is 5.41 Å². The van der Waals surface area contributed by atoms with Crippen LogP contribution in [0.1, 0.15) is 74.1 Å². The lowest BCUT2D eigenvalue weighted by molar-refractivity contribution is 0.0981. The maximum absolute atomic E-state index is 2.71. The average Bonchev–Trinajstić information content (AvgIpc) is 2.31. The summed E-state index contributed by atoms with van der Waals surface area (Å²) in [5.41, 5.74) is 0.508. The molecule has 1 saturated heterocycles. The van der Waals surface area contributed by atoms with E-state index in [4.69, 9.17) is 0 Å². The highest BCUT2D eigenvalue weighted by Gasteiger charge is 2.26. The molecule has 0 bridgehead atoms. The lowest BCUT2D eigenvalue weighted by Crippen LogP contribution is -2.42. The average molecular weight is 255 g/mol. The summed E-state index contributed by atoms with van der Waals surface area (Å²) >= 11 is 0. The molecule has 110 valence electrons. The lowest BCUT2D eigenvalue weighted by atomic mass is 9.84. The van der Waals surface area contributed by atoms with E-state index in [2.05, 4.69) is 39.5 Å². The van der Waals surface area contributed by atoms with Crippen molar-refractivity contribution in [2.24, 2.45) is 17.3 Å². The van der Waals surface area contributed by atoms with Crippen molar-refractivity contribution in [1.29, 1.82) is 0 Å². The Hall–Kier alpha value is -0.0400. The fraction of sp³-hybridized carbons (Fsp3) is 1.00. The summed E-state index contributed by atoms with van der Waals surface area (Å²) in [6.07, 6.45) is 5.53. The van der Waals surface area contributed by atoms with E-state index in [9.17, 15) is 0 Å². The molecule has 1 fully saturated rings. The lowest BCUT2D eigenvalue weighted by Gasteiger charge is -2.39. The topological polar surface area (TPSA) is 3.24 Å². The highest BCUT2D eigenvalue weighted by atomic mass is 15.1. The SMILES string of the molecule is CC.CCCC(C)(C)CN1CCCC(C(C)C)C1. The molecular weight excluding hydrogens is 218 g/mol. The molecule has 1 unspecified atom stereocenters. The van der Waals surface area contributed by atoms with Crippen LogP contribution in [-0.4, -0.2) is 24.5 Å². The third-order valence-corrected chi connectivity index (χ3v) is 4.06. The number of likely N-dealkylation sites (tertiary alicyclic amines) is 1. The molecule has 0 aliphatic carbocycles. The van der Waals surface area contributed by atoms with Gasteiger partial charge in [0.15, 0.2) is 0 Å². The van der Waals surface area contributed by atoms with Crippen LogP contribution < -0.4 is 0 Å². The Labute approximate surface area is 116 Å². The van der Waals surface area contributed by atoms with Gasteiger partial charge in [-0.15, -0.1) is 0 Å². The van der Waals surface area contributed by atoms with Gasteiger partial charge in [-0.3, -0.25) is 0 Å². The molecular formula is C17H37N. The Balaban J connectivity index is 0.00000137. The molecule has 0 radical (unpaired) electrons. The number of hydrogen-bond donors (Lipinski definition) is 0. The van der Waals surface area contributed by atoms with Crippen LogP contribution in [0.15, 0.2) is 0 Å². The highest BCUT2D eigenvalue weighted by Crippen LogP contribution is 2.28. The first-order valence-corrected chi connectivity index (χ1v) is 8.17. The minimum Gasteiger partial charge on any atom is -0.303 e. The molecule has 1 heterocycles. The molecule has 1 aliphatic rings. The fourth-order valence-corrected chi connectivity index (χ4v) is 3.14. The summed E-state index contributed by atoms with van der Waals surface area (Å²) in [6.45, 7) is 19.9. The standard InChI is InChI=1S/C15H31N.C2H6/c1-6-9-15(4,5)12-16-10-7-8-14(11-16)13(2)3;1-2/h13-14H,6-12H2,1-5H3;1-2H3. The van der Waals surface area contributed by atoms with Gasteiger partial charge in [0.25, 0.3) is 0 Å². The van der Waals surface area contributed by atoms with Gasteiger partial charge >= 0.3 is 0 Å². The first kappa shape index (κ1) is 18.0. The Kier molecular flexibility index (Phi) is 8.94. The minimum atomic E-state index is 0.508. The Morgan fingerprint density at radius 2 is 1.83 bits per heavy atom. The number of nitrogens with zero attached hydrogens (tertiary/aromatic N) is 1. The predicted octanol–water partition coefficient (Wildman–Crippen LogP) is 5.21.